The summed E-state index contributed by atoms with van der Waals surface area (Å²) in [7, 11) is 1.59. The van der Waals surface area contributed by atoms with Crippen molar-refractivity contribution in [1.29, 1.82) is 0 Å². The van der Waals surface area contributed by atoms with Crippen LogP contribution in [0, 0.1) is 0 Å². The van der Waals surface area contributed by atoms with Crippen LogP contribution < -0.4 is 10.3 Å². The number of phenols is 1. The van der Waals surface area contributed by atoms with E-state index in [1.54, 1.807) is 37.6 Å². The van der Waals surface area contributed by atoms with E-state index in [2.05, 4.69) is 4.98 Å². The molecular weight excluding hydrogens is 254 g/mol. The van der Waals surface area contributed by atoms with Gasteiger partial charge in [-0.2, -0.15) is 0 Å². The van der Waals surface area contributed by atoms with Crippen LogP contribution >= 0.6 is 0 Å². The summed E-state index contributed by atoms with van der Waals surface area (Å²) in [5, 5.41) is 10.8. The van der Waals surface area contributed by atoms with Crippen LogP contribution in [0.1, 0.15) is 0 Å². The van der Waals surface area contributed by atoms with Crippen molar-refractivity contribution in [1.82, 2.24) is 4.98 Å². The van der Waals surface area contributed by atoms with E-state index in [1.165, 1.54) is 0 Å². The Kier molecular flexibility index (Phi) is 2.91. The zero-order chi connectivity index (χ0) is 14.1. The Morgan fingerprint density at radius 3 is 2.50 bits per heavy atom. The van der Waals surface area contributed by atoms with Gasteiger partial charge in [0.05, 0.1) is 7.11 Å². The van der Waals surface area contributed by atoms with Crippen molar-refractivity contribution in [3.63, 3.8) is 0 Å². The fourth-order valence-electron chi connectivity index (χ4n) is 2.24. The van der Waals surface area contributed by atoms with Gasteiger partial charge < -0.3 is 14.8 Å². The first-order valence-corrected chi connectivity index (χ1v) is 6.18. The molecule has 0 amide bonds. The number of ether oxygens (including phenoxy) is 1. The van der Waals surface area contributed by atoms with Crippen molar-refractivity contribution in [3.05, 3.63) is 59.0 Å². The predicted octanol–water partition coefficient (Wildman–Crippen LogP) is 2.91. The molecule has 20 heavy (non-hydrogen) atoms. The molecule has 0 aliphatic heterocycles. The Labute approximate surface area is 115 Å². The molecular formula is C16H13NO3. The molecule has 0 fully saturated rings. The Balaban J connectivity index is 2.32. The number of H-pyrrole nitrogens is 1. The number of methoxy groups -OCH3 is 1. The summed E-state index contributed by atoms with van der Waals surface area (Å²) in [6, 6.07) is 12.2. The van der Waals surface area contributed by atoms with Gasteiger partial charge in [0, 0.05) is 22.5 Å². The molecule has 0 bridgehead atoms. The minimum atomic E-state index is -0.134. The second-order valence-corrected chi connectivity index (χ2v) is 4.49. The van der Waals surface area contributed by atoms with E-state index in [4.69, 9.17) is 4.74 Å². The average molecular weight is 267 g/mol. The number of nitrogens with one attached hydrogen (secondary N) is 1. The summed E-state index contributed by atoms with van der Waals surface area (Å²) in [4.78, 5) is 14.6. The lowest BCUT2D eigenvalue weighted by Gasteiger charge is -2.08. The van der Waals surface area contributed by atoms with Crippen LogP contribution in [0.15, 0.2) is 53.5 Å². The minimum Gasteiger partial charge on any atom is -0.508 e. The number of aromatic hydroxyl groups is 1. The first-order chi connectivity index (χ1) is 9.69. The van der Waals surface area contributed by atoms with Crippen LogP contribution in [0.4, 0.5) is 0 Å². The molecule has 0 aliphatic rings. The highest BCUT2D eigenvalue weighted by molar-refractivity contribution is 5.96. The normalized spacial score (nSPS) is 10.7. The van der Waals surface area contributed by atoms with Crippen molar-refractivity contribution < 1.29 is 9.84 Å². The van der Waals surface area contributed by atoms with Crippen molar-refractivity contribution in [2.24, 2.45) is 0 Å². The zero-order valence-corrected chi connectivity index (χ0v) is 10.9. The summed E-state index contributed by atoms with van der Waals surface area (Å²) in [5.41, 5.74) is 1.67. The summed E-state index contributed by atoms with van der Waals surface area (Å²) in [5.74, 6) is 0.906. The fraction of sp³-hybridized carbons (Fsp3) is 0.0625. The van der Waals surface area contributed by atoms with E-state index in [0.29, 0.717) is 11.1 Å². The molecule has 0 spiro atoms. The average Bonchev–Trinajstić information content (AvgIpc) is 2.48. The van der Waals surface area contributed by atoms with Gasteiger partial charge in [-0.1, -0.05) is 12.1 Å². The van der Waals surface area contributed by atoms with Gasteiger partial charge >= 0.3 is 0 Å². The number of phenolic OH excluding ortho intramolecular Hbond substituents is 1. The lowest BCUT2D eigenvalue weighted by atomic mass is 10.0. The largest absolute Gasteiger partial charge is 0.508 e. The lowest BCUT2D eigenvalue weighted by Crippen LogP contribution is -2.05. The molecule has 3 aromatic rings. The van der Waals surface area contributed by atoms with Crippen LogP contribution in [-0.2, 0) is 0 Å². The number of pyridine rings is 1. The second-order valence-electron chi connectivity index (χ2n) is 4.49. The number of benzene rings is 2. The van der Waals surface area contributed by atoms with E-state index in [9.17, 15) is 9.90 Å². The molecule has 0 unspecified atom stereocenters. The second kappa shape index (κ2) is 4.74. The van der Waals surface area contributed by atoms with Crippen molar-refractivity contribution in [3.8, 4) is 22.6 Å². The van der Waals surface area contributed by atoms with E-state index >= 15 is 0 Å². The highest BCUT2D eigenvalue weighted by atomic mass is 16.5. The van der Waals surface area contributed by atoms with E-state index < -0.39 is 0 Å². The van der Waals surface area contributed by atoms with Crippen molar-refractivity contribution in [2.45, 2.75) is 0 Å². The van der Waals surface area contributed by atoms with Gasteiger partial charge in [0.15, 0.2) is 0 Å². The Bertz CT molecular complexity index is 819. The predicted molar refractivity (Wildman–Crippen MR) is 78.2 cm³/mol. The quantitative estimate of drug-likeness (QED) is 0.750. The van der Waals surface area contributed by atoms with Gasteiger partial charge in [-0.05, 0) is 35.9 Å². The van der Waals surface area contributed by atoms with Crippen LogP contribution in [0.25, 0.3) is 21.9 Å². The molecule has 4 nitrogen and oxygen atoms in total. The topological polar surface area (TPSA) is 62.3 Å². The van der Waals surface area contributed by atoms with Gasteiger partial charge in [-0.25, -0.2) is 0 Å². The first kappa shape index (κ1) is 12.3. The molecule has 1 heterocycles. The SMILES string of the molecule is COc1ccc2c(=O)[nH]cc(-c3ccc(O)cc3)c2c1. The molecule has 0 aliphatic carbocycles. The summed E-state index contributed by atoms with van der Waals surface area (Å²) in [6.45, 7) is 0. The molecule has 4 heteroatoms. The molecule has 100 valence electrons. The summed E-state index contributed by atoms with van der Waals surface area (Å²) in [6.07, 6.45) is 1.68. The van der Waals surface area contributed by atoms with Crippen LogP contribution in [0.2, 0.25) is 0 Å². The third-order valence-corrected chi connectivity index (χ3v) is 3.29. The minimum absolute atomic E-state index is 0.134. The Hall–Kier alpha value is -2.75. The number of aromatic nitrogens is 1. The molecule has 2 aromatic carbocycles. The molecule has 0 saturated carbocycles. The standard InChI is InChI=1S/C16H13NO3/c1-20-12-6-7-13-14(8-12)15(9-17-16(13)19)10-2-4-11(18)5-3-10/h2-9,18H,1H3,(H,17,19). The van der Waals surface area contributed by atoms with E-state index in [0.717, 1.165) is 16.5 Å². The number of hydrogen-bond acceptors (Lipinski definition) is 3. The third-order valence-electron chi connectivity index (χ3n) is 3.29. The molecule has 2 N–H and O–H groups in total. The maximum atomic E-state index is 11.9. The smallest absolute Gasteiger partial charge is 0.255 e. The van der Waals surface area contributed by atoms with Crippen molar-refractivity contribution >= 4 is 10.8 Å². The molecule has 0 saturated heterocycles. The molecule has 0 atom stereocenters. The van der Waals surface area contributed by atoms with E-state index in [-0.39, 0.29) is 11.3 Å². The maximum absolute atomic E-state index is 11.9. The zero-order valence-electron chi connectivity index (χ0n) is 10.9. The third kappa shape index (κ3) is 2.01. The number of hydrogen-bond donors (Lipinski definition) is 2. The van der Waals surface area contributed by atoms with Gasteiger partial charge in [0.25, 0.3) is 5.56 Å². The van der Waals surface area contributed by atoms with Crippen LogP contribution in [0.3, 0.4) is 0 Å². The number of fused-ring (bicyclic) bond motifs is 1. The van der Waals surface area contributed by atoms with Crippen LogP contribution in [0.5, 0.6) is 11.5 Å². The summed E-state index contributed by atoms with van der Waals surface area (Å²) >= 11 is 0. The number of aromatic amines is 1. The summed E-state index contributed by atoms with van der Waals surface area (Å²) < 4.78 is 5.22. The van der Waals surface area contributed by atoms with Gasteiger partial charge in [-0.15, -0.1) is 0 Å². The number of rotatable bonds is 2. The highest BCUT2D eigenvalue weighted by Gasteiger charge is 2.08. The molecule has 3 rings (SSSR count). The van der Waals surface area contributed by atoms with Gasteiger partial charge in [0.1, 0.15) is 11.5 Å². The molecule has 0 radical (unpaired) electrons. The van der Waals surface area contributed by atoms with E-state index in [1.807, 2.05) is 18.2 Å². The van der Waals surface area contributed by atoms with Gasteiger partial charge in [0.2, 0.25) is 0 Å². The highest BCUT2D eigenvalue weighted by Crippen LogP contribution is 2.29. The van der Waals surface area contributed by atoms with Crippen LogP contribution in [-0.4, -0.2) is 17.2 Å². The Morgan fingerprint density at radius 1 is 1.05 bits per heavy atom. The maximum Gasteiger partial charge on any atom is 0.255 e. The van der Waals surface area contributed by atoms with Crippen molar-refractivity contribution in [2.75, 3.05) is 7.11 Å². The lowest BCUT2D eigenvalue weighted by molar-refractivity contribution is 0.415. The fourth-order valence-corrected chi connectivity index (χ4v) is 2.24. The molecule has 1 aromatic heterocycles. The first-order valence-electron chi connectivity index (χ1n) is 6.18. The monoisotopic (exact) mass is 267 g/mol. The Morgan fingerprint density at radius 2 is 1.80 bits per heavy atom. The van der Waals surface area contributed by atoms with Gasteiger partial charge in [-0.3, -0.25) is 4.79 Å².